The average Bonchev–Trinajstić information content (AvgIpc) is 2.28. The average molecular weight is 266 g/mol. The molecule has 0 bridgehead atoms. The van der Waals surface area contributed by atoms with Crippen LogP contribution in [0.1, 0.15) is 31.6 Å². The van der Waals surface area contributed by atoms with Crippen LogP contribution in [0, 0.1) is 5.41 Å². The van der Waals surface area contributed by atoms with E-state index in [1.807, 2.05) is 26.8 Å². The Morgan fingerprint density at radius 2 is 1.78 bits per heavy atom. The van der Waals surface area contributed by atoms with Crippen molar-refractivity contribution in [1.82, 2.24) is 0 Å². The third-order valence-electron chi connectivity index (χ3n) is 2.54. The highest BCUT2D eigenvalue weighted by Gasteiger charge is 2.26. The fourth-order valence-electron chi connectivity index (χ4n) is 1.31. The fraction of sp³-hybridized carbons (Fsp3) is 0.429. The lowest BCUT2D eigenvalue weighted by Crippen LogP contribution is -2.23. The molecular formula is C14H18O3S. The first-order valence-corrected chi connectivity index (χ1v) is 6.80. The summed E-state index contributed by atoms with van der Waals surface area (Å²) in [4.78, 5) is 23.0. The van der Waals surface area contributed by atoms with Crippen molar-refractivity contribution in [2.45, 2.75) is 26.0 Å². The Labute approximate surface area is 112 Å². The minimum atomic E-state index is -0.909. The molecule has 1 rings (SSSR count). The van der Waals surface area contributed by atoms with Gasteiger partial charge in [0.2, 0.25) is 0 Å². The van der Waals surface area contributed by atoms with Crippen molar-refractivity contribution in [2.75, 3.05) is 5.75 Å². The van der Waals surface area contributed by atoms with E-state index in [4.69, 9.17) is 0 Å². The van der Waals surface area contributed by atoms with Crippen molar-refractivity contribution < 1.29 is 14.7 Å². The molecular weight excluding hydrogens is 248 g/mol. The van der Waals surface area contributed by atoms with Crippen LogP contribution < -0.4 is 0 Å². The third kappa shape index (κ3) is 4.18. The molecule has 1 aromatic carbocycles. The number of hydrogen-bond acceptors (Lipinski definition) is 3. The van der Waals surface area contributed by atoms with E-state index < -0.39 is 16.6 Å². The number of thioether (sulfide) groups is 1. The Morgan fingerprint density at radius 3 is 2.22 bits per heavy atom. The van der Waals surface area contributed by atoms with E-state index in [9.17, 15) is 14.7 Å². The third-order valence-corrected chi connectivity index (χ3v) is 3.78. The van der Waals surface area contributed by atoms with E-state index in [0.29, 0.717) is 0 Å². The number of rotatable bonds is 5. The van der Waals surface area contributed by atoms with Crippen molar-refractivity contribution in [1.29, 1.82) is 0 Å². The van der Waals surface area contributed by atoms with Gasteiger partial charge in [-0.05, 0) is 5.56 Å². The van der Waals surface area contributed by atoms with Crippen molar-refractivity contribution in [2.24, 2.45) is 5.41 Å². The molecule has 18 heavy (non-hydrogen) atoms. The van der Waals surface area contributed by atoms with E-state index in [2.05, 4.69) is 0 Å². The molecule has 0 fully saturated rings. The molecule has 0 aliphatic rings. The highest BCUT2D eigenvalue weighted by molar-refractivity contribution is 8.00. The number of ketones is 1. The Balaban J connectivity index is 2.72. The first-order valence-electron chi connectivity index (χ1n) is 5.75. The van der Waals surface area contributed by atoms with Gasteiger partial charge >= 0.3 is 5.97 Å². The van der Waals surface area contributed by atoms with Gasteiger partial charge in [-0.15, -0.1) is 11.8 Å². The molecule has 0 saturated heterocycles. The smallest absolute Gasteiger partial charge is 0.321 e. The quantitative estimate of drug-likeness (QED) is 0.889. The van der Waals surface area contributed by atoms with Gasteiger partial charge in [-0.3, -0.25) is 9.59 Å². The van der Waals surface area contributed by atoms with Gasteiger partial charge < -0.3 is 5.11 Å². The van der Waals surface area contributed by atoms with E-state index in [1.54, 1.807) is 24.3 Å². The molecule has 1 unspecified atom stereocenters. The van der Waals surface area contributed by atoms with E-state index in [-0.39, 0.29) is 11.5 Å². The predicted octanol–water partition coefficient (Wildman–Crippen LogP) is 3.16. The monoisotopic (exact) mass is 266 g/mol. The van der Waals surface area contributed by atoms with Crippen molar-refractivity contribution >= 4 is 23.5 Å². The van der Waals surface area contributed by atoms with Crippen LogP contribution in [-0.4, -0.2) is 22.6 Å². The molecule has 0 amide bonds. The van der Waals surface area contributed by atoms with Gasteiger partial charge in [0.05, 0.1) is 5.75 Å². The molecule has 3 nitrogen and oxygen atoms in total. The molecule has 0 saturated carbocycles. The Kier molecular flexibility index (Phi) is 4.96. The van der Waals surface area contributed by atoms with Crippen molar-refractivity contribution in [3.05, 3.63) is 35.9 Å². The molecule has 0 radical (unpaired) electrons. The molecule has 0 spiro atoms. The Morgan fingerprint density at radius 1 is 1.22 bits per heavy atom. The number of Topliss-reactive ketones (excluding diaryl/α,β-unsaturated/α-hetero) is 1. The predicted molar refractivity (Wildman–Crippen MR) is 73.7 cm³/mol. The minimum Gasteiger partial charge on any atom is -0.480 e. The van der Waals surface area contributed by atoms with Crippen LogP contribution in [0.2, 0.25) is 0 Å². The fourth-order valence-corrected chi connectivity index (χ4v) is 2.56. The molecule has 1 aromatic rings. The van der Waals surface area contributed by atoms with E-state index >= 15 is 0 Å². The number of carboxylic acids is 1. The summed E-state index contributed by atoms with van der Waals surface area (Å²) >= 11 is 1.17. The molecule has 0 heterocycles. The summed E-state index contributed by atoms with van der Waals surface area (Å²) in [5.74, 6) is -0.627. The van der Waals surface area contributed by atoms with E-state index in [0.717, 1.165) is 5.56 Å². The first kappa shape index (κ1) is 14.8. The zero-order chi connectivity index (χ0) is 13.8. The van der Waals surface area contributed by atoms with Crippen molar-refractivity contribution in [3.63, 3.8) is 0 Å². The highest BCUT2D eigenvalue weighted by Crippen LogP contribution is 2.30. The number of aliphatic carboxylic acids is 1. The normalized spacial score (nSPS) is 13.1. The molecule has 98 valence electrons. The number of carbonyl (C=O) groups excluding carboxylic acids is 1. The van der Waals surface area contributed by atoms with E-state index in [1.165, 1.54) is 11.8 Å². The number of carbonyl (C=O) groups is 2. The summed E-state index contributed by atoms with van der Waals surface area (Å²) < 4.78 is 0. The maximum absolute atomic E-state index is 11.8. The zero-order valence-electron chi connectivity index (χ0n) is 10.8. The molecule has 1 atom stereocenters. The van der Waals surface area contributed by atoms with Crippen LogP contribution >= 0.6 is 11.8 Å². The first-order chi connectivity index (χ1) is 8.32. The number of carboxylic acid groups (broad SMARTS) is 1. The van der Waals surface area contributed by atoms with Gasteiger partial charge in [0, 0.05) is 5.41 Å². The van der Waals surface area contributed by atoms with Crippen LogP contribution in [0.3, 0.4) is 0 Å². The largest absolute Gasteiger partial charge is 0.480 e. The summed E-state index contributed by atoms with van der Waals surface area (Å²) in [7, 11) is 0. The van der Waals surface area contributed by atoms with Gasteiger partial charge in [-0.2, -0.15) is 0 Å². The van der Waals surface area contributed by atoms with Crippen molar-refractivity contribution in [3.8, 4) is 0 Å². The molecule has 1 N–H and O–H groups in total. The summed E-state index contributed by atoms with van der Waals surface area (Å²) in [5, 5.41) is 8.53. The maximum Gasteiger partial charge on any atom is 0.321 e. The minimum absolute atomic E-state index is 0.0645. The lowest BCUT2D eigenvalue weighted by Gasteiger charge is -2.18. The standard InChI is InChI=1S/C14H18O3S/c1-14(2,3)11(15)9-18-12(13(16)17)10-7-5-4-6-8-10/h4-8,12H,9H2,1-3H3,(H,16,17). The molecule has 0 aliphatic heterocycles. The second kappa shape index (κ2) is 6.05. The van der Waals surface area contributed by atoms with Gasteiger partial charge in [-0.25, -0.2) is 0 Å². The lowest BCUT2D eigenvalue weighted by atomic mass is 9.92. The second-order valence-corrected chi connectivity index (χ2v) is 6.21. The summed E-state index contributed by atoms with van der Waals surface area (Å²) in [6.07, 6.45) is 0. The summed E-state index contributed by atoms with van der Waals surface area (Å²) in [6, 6.07) is 8.99. The number of benzene rings is 1. The molecule has 0 aliphatic carbocycles. The van der Waals surface area contributed by atoms with Crippen LogP contribution in [0.5, 0.6) is 0 Å². The van der Waals surface area contributed by atoms with Gasteiger partial charge in [0.1, 0.15) is 11.0 Å². The highest BCUT2D eigenvalue weighted by atomic mass is 32.2. The summed E-state index contributed by atoms with van der Waals surface area (Å²) in [5.41, 5.74) is 0.295. The zero-order valence-corrected chi connectivity index (χ0v) is 11.7. The summed E-state index contributed by atoms with van der Waals surface area (Å²) in [6.45, 7) is 5.52. The Bertz CT molecular complexity index is 420. The topological polar surface area (TPSA) is 54.4 Å². The van der Waals surface area contributed by atoms with Crippen LogP contribution in [0.15, 0.2) is 30.3 Å². The maximum atomic E-state index is 11.8. The van der Waals surface area contributed by atoms with Crippen LogP contribution in [-0.2, 0) is 9.59 Å². The lowest BCUT2D eigenvalue weighted by molar-refractivity contribution is -0.136. The van der Waals surface area contributed by atoms with Gasteiger partial charge in [-0.1, -0.05) is 51.1 Å². The van der Waals surface area contributed by atoms with Gasteiger partial charge in [0.15, 0.2) is 0 Å². The van der Waals surface area contributed by atoms with Gasteiger partial charge in [0.25, 0.3) is 0 Å². The van der Waals surface area contributed by atoms with Crippen LogP contribution in [0.4, 0.5) is 0 Å². The second-order valence-electron chi connectivity index (χ2n) is 5.11. The van der Waals surface area contributed by atoms with Crippen LogP contribution in [0.25, 0.3) is 0 Å². The molecule has 4 heteroatoms. The number of hydrogen-bond donors (Lipinski definition) is 1. The Hall–Kier alpha value is -1.29. The molecule has 0 aromatic heterocycles. The SMILES string of the molecule is CC(C)(C)C(=O)CSC(C(=O)O)c1ccccc1.